The number of nitrogens with one attached hydrogen (secondary N) is 1. The Bertz CT molecular complexity index is 132. The Labute approximate surface area is 68.6 Å². The van der Waals surface area contributed by atoms with Crippen LogP contribution in [-0.2, 0) is 4.84 Å². The van der Waals surface area contributed by atoms with Crippen molar-refractivity contribution in [2.75, 3.05) is 7.11 Å². The summed E-state index contributed by atoms with van der Waals surface area (Å²) in [6.45, 7) is 2.32. The monoisotopic (exact) mass is 155 g/mol. The molecule has 1 fully saturated rings. The average molecular weight is 155 g/mol. The lowest BCUT2D eigenvalue weighted by molar-refractivity contribution is 0.127. The zero-order valence-corrected chi connectivity index (χ0v) is 7.39. The quantitative estimate of drug-likeness (QED) is 0.617. The maximum absolute atomic E-state index is 4.75. The topological polar surface area (TPSA) is 21.3 Å². The summed E-state index contributed by atoms with van der Waals surface area (Å²) in [5.41, 5.74) is 4.26. The summed E-state index contributed by atoms with van der Waals surface area (Å²) in [4.78, 5) is 4.75. The first-order valence-electron chi connectivity index (χ1n) is 4.29. The minimum absolute atomic E-state index is 0.912. The van der Waals surface area contributed by atoms with Gasteiger partial charge in [0.2, 0.25) is 0 Å². The molecule has 0 aromatic rings. The Morgan fingerprint density at radius 1 is 1.45 bits per heavy atom. The molecule has 0 aromatic carbocycles. The highest BCUT2D eigenvalue weighted by Gasteiger charge is 2.11. The van der Waals surface area contributed by atoms with Crippen molar-refractivity contribution in [3.05, 3.63) is 11.8 Å². The predicted molar refractivity (Wildman–Crippen MR) is 45.9 cm³/mol. The van der Waals surface area contributed by atoms with Crippen LogP contribution in [0.4, 0.5) is 0 Å². The number of hydroxylamine groups is 1. The first kappa shape index (κ1) is 8.60. The predicted octanol–water partition coefficient (Wildman–Crippen LogP) is 2.23. The SMILES string of the molecule is CONC=C1CCC(C)CC1. The molecule has 0 heterocycles. The van der Waals surface area contributed by atoms with Crippen LogP contribution >= 0.6 is 0 Å². The first-order chi connectivity index (χ1) is 5.33. The molecular formula is C9H17NO. The van der Waals surface area contributed by atoms with Crippen LogP contribution in [0.2, 0.25) is 0 Å². The van der Waals surface area contributed by atoms with E-state index < -0.39 is 0 Å². The van der Waals surface area contributed by atoms with Gasteiger partial charge < -0.3 is 0 Å². The van der Waals surface area contributed by atoms with E-state index in [9.17, 15) is 0 Å². The lowest BCUT2D eigenvalue weighted by Gasteiger charge is -2.19. The molecule has 0 amide bonds. The molecule has 2 heteroatoms. The summed E-state index contributed by atoms with van der Waals surface area (Å²) in [6, 6.07) is 0. The van der Waals surface area contributed by atoms with Gasteiger partial charge in [-0.1, -0.05) is 12.5 Å². The van der Waals surface area contributed by atoms with E-state index >= 15 is 0 Å². The Balaban J connectivity index is 2.26. The summed E-state index contributed by atoms with van der Waals surface area (Å²) >= 11 is 0. The smallest absolute Gasteiger partial charge is 0.0636 e. The normalized spacial score (nSPS) is 24.9. The second-order valence-electron chi connectivity index (χ2n) is 3.31. The summed E-state index contributed by atoms with van der Waals surface area (Å²) in [5, 5.41) is 0. The molecule has 0 unspecified atom stereocenters. The molecule has 11 heavy (non-hydrogen) atoms. The molecule has 0 atom stereocenters. The van der Waals surface area contributed by atoms with Gasteiger partial charge in [0.05, 0.1) is 7.11 Å². The van der Waals surface area contributed by atoms with Crippen molar-refractivity contribution in [2.45, 2.75) is 32.6 Å². The second kappa shape index (κ2) is 4.39. The van der Waals surface area contributed by atoms with Gasteiger partial charge in [0.15, 0.2) is 0 Å². The minimum Gasteiger partial charge on any atom is -0.280 e. The van der Waals surface area contributed by atoms with Crippen molar-refractivity contribution >= 4 is 0 Å². The third-order valence-electron chi connectivity index (χ3n) is 2.30. The van der Waals surface area contributed by atoms with Crippen molar-refractivity contribution in [2.24, 2.45) is 5.92 Å². The molecule has 0 bridgehead atoms. The zero-order valence-electron chi connectivity index (χ0n) is 7.39. The summed E-state index contributed by atoms with van der Waals surface area (Å²) < 4.78 is 0. The van der Waals surface area contributed by atoms with Gasteiger partial charge in [-0.15, -0.1) is 0 Å². The van der Waals surface area contributed by atoms with Crippen LogP contribution < -0.4 is 5.48 Å². The molecule has 2 nitrogen and oxygen atoms in total. The van der Waals surface area contributed by atoms with Crippen LogP contribution in [0.15, 0.2) is 11.8 Å². The largest absolute Gasteiger partial charge is 0.280 e. The Hall–Kier alpha value is -0.500. The van der Waals surface area contributed by atoms with Crippen LogP contribution in [0.1, 0.15) is 32.6 Å². The van der Waals surface area contributed by atoms with E-state index in [4.69, 9.17) is 4.84 Å². The molecule has 1 rings (SSSR count). The van der Waals surface area contributed by atoms with Gasteiger partial charge in [0.25, 0.3) is 0 Å². The molecule has 0 spiro atoms. The van der Waals surface area contributed by atoms with E-state index in [1.54, 1.807) is 7.11 Å². The van der Waals surface area contributed by atoms with Gasteiger partial charge in [-0.2, -0.15) is 0 Å². The highest BCUT2D eigenvalue weighted by molar-refractivity contribution is 5.02. The van der Waals surface area contributed by atoms with E-state index in [1.807, 2.05) is 6.20 Å². The second-order valence-corrected chi connectivity index (χ2v) is 3.31. The van der Waals surface area contributed by atoms with Crippen LogP contribution in [0.25, 0.3) is 0 Å². The fourth-order valence-corrected chi connectivity index (χ4v) is 1.42. The zero-order chi connectivity index (χ0) is 8.10. The van der Waals surface area contributed by atoms with E-state index in [2.05, 4.69) is 12.4 Å². The van der Waals surface area contributed by atoms with Crippen LogP contribution in [-0.4, -0.2) is 7.11 Å². The third kappa shape index (κ3) is 2.93. The molecule has 0 aliphatic heterocycles. The van der Waals surface area contributed by atoms with Crippen molar-refractivity contribution in [1.82, 2.24) is 5.48 Å². The van der Waals surface area contributed by atoms with Crippen molar-refractivity contribution in [1.29, 1.82) is 0 Å². The Morgan fingerprint density at radius 3 is 2.64 bits per heavy atom. The molecule has 64 valence electrons. The Kier molecular flexibility index (Phi) is 3.43. The molecule has 0 aromatic heterocycles. The minimum atomic E-state index is 0.912. The standard InChI is InChI=1S/C9H17NO/c1-8-3-5-9(6-4-8)7-10-11-2/h7-8,10H,3-6H2,1-2H3. The maximum Gasteiger partial charge on any atom is 0.0636 e. The summed E-state index contributed by atoms with van der Waals surface area (Å²) in [5.74, 6) is 0.912. The lowest BCUT2D eigenvalue weighted by Crippen LogP contribution is -2.08. The first-order valence-corrected chi connectivity index (χ1v) is 4.29. The van der Waals surface area contributed by atoms with Crippen LogP contribution in [0, 0.1) is 5.92 Å². The van der Waals surface area contributed by atoms with Crippen molar-refractivity contribution in [3.8, 4) is 0 Å². The van der Waals surface area contributed by atoms with Crippen molar-refractivity contribution in [3.63, 3.8) is 0 Å². The average Bonchev–Trinajstić information content (AvgIpc) is 2.04. The number of hydrogen-bond donors (Lipinski definition) is 1. The molecule has 0 saturated heterocycles. The molecule has 0 radical (unpaired) electrons. The molecular weight excluding hydrogens is 138 g/mol. The molecule has 1 aliphatic rings. The highest BCUT2D eigenvalue weighted by atomic mass is 16.6. The van der Waals surface area contributed by atoms with Gasteiger partial charge in [-0.25, -0.2) is 0 Å². The van der Waals surface area contributed by atoms with E-state index in [1.165, 1.54) is 31.3 Å². The maximum atomic E-state index is 4.75. The van der Waals surface area contributed by atoms with Gasteiger partial charge in [-0.05, 0) is 31.6 Å². The lowest BCUT2D eigenvalue weighted by atomic mass is 9.88. The number of rotatable bonds is 2. The fourth-order valence-electron chi connectivity index (χ4n) is 1.42. The Morgan fingerprint density at radius 2 is 2.09 bits per heavy atom. The van der Waals surface area contributed by atoms with E-state index in [0.717, 1.165) is 5.92 Å². The van der Waals surface area contributed by atoms with Gasteiger partial charge >= 0.3 is 0 Å². The van der Waals surface area contributed by atoms with Gasteiger partial charge in [-0.3, -0.25) is 10.3 Å². The fraction of sp³-hybridized carbons (Fsp3) is 0.778. The summed E-state index contributed by atoms with van der Waals surface area (Å²) in [7, 11) is 1.64. The van der Waals surface area contributed by atoms with Gasteiger partial charge in [0.1, 0.15) is 0 Å². The molecule has 1 saturated carbocycles. The number of allylic oxidation sites excluding steroid dienone is 1. The molecule has 1 N–H and O–H groups in total. The van der Waals surface area contributed by atoms with Crippen molar-refractivity contribution < 1.29 is 4.84 Å². The molecule has 1 aliphatic carbocycles. The highest BCUT2D eigenvalue weighted by Crippen LogP contribution is 2.26. The van der Waals surface area contributed by atoms with Crippen LogP contribution in [0.3, 0.4) is 0 Å². The van der Waals surface area contributed by atoms with Crippen LogP contribution in [0.5, 0.6) is 0 Å². The van der Waals surface area contributed by atoms with E-state index in [0.29, 0.717) is 0 Å². The third-order valence-corrected chi connectivity index (χ3v) is 2.30. The van der Waals surface area contributed by atoms with E-state index in [-0.39, 0.29) is 0 Å². The number of hydrogen-bond acceptors (Lipinski definition) is 2. The van der Waals surface area contributed by atoms with Gasteiger partial charge in [0, 0.05) is 6.20 Å². The summed E-state index contributed by atoms with van der Waals surface area (Å²) in [6.07, 6.45) is 7.12.